The Morgan fingerprint density at radius 1 is 1.39 bits per heavy atom. The molecule has 0 aromatic heterocycles. The molecular formula is C13H19ClN2O2. The molecule has 0 aliphatic heterocycles. The lowest BCUT2D eigenvalue weighted by molar-refractivity contribution is -0.120. The molecule has 0 bridgehead atoms. The van der Waals surface area contributed by atoms with Crippen molar-refractivity contribution < 1.29 is 9.53 Å². The highest BCUT2D eigenvalue weighted by atomic mass is 35.5. The van der Waals surface area contributed by atoms with E-state index in [0.29, 0.717) is 13.2 Å². The number of amides is 1. The topological polar surface area (TPSA) is 64.3 Å². The number of benzene rings is 1. The van der Waals surface area contributed by atoms with Gasteiger partial charge in [-0.25, -0.2) is 0 Å². The van der Waals surface area contributed by atoms with Crippen molar-refractivity contribution in [2.75, 3.05) is 18.5 Å². The molecule has 1 aromatic rings. The molecule has 1 fully saturated rings. The van der Waals surface area contributed by atoms with Crippen molar-refractivity contribution in [2.24, 2.45) is 11.1 Å². The Morgan fingerprint density at radius 2 is 2.00 bits per heavy atom. The van der Waals surface area contributed by atoms with E-state index in [1.807, 2.05) is 31.2 Å². The second-order valence-electron chi connectivity index (χ2n) is 4.68. The van der Waals surface area contributed by atoms with E-state index >= 15 is 0 Å². The Hall–Kier alpha value is -1.26. The molecule has 3 N–H and O–H groups in total. The molecule has 1 aliphatic rings. The number of nitrogens with two attached hydrogens (primary N) is 1. The van der Waals surface area contributed by atoms with Crippen LogP contribution in [-0.2, 0) is 4.79 Å². The zero-order chi connectivity index (χ0) is 12.3. The predicted molar refractivity (Wildman–Crippen MR) is 74.2 cm³/mol. The van der Waals surface area contributed by atoms with Gasteiger partial charge in [0.15, 0.2) is 0 Å². The van der Waals surface area contributed by atoms with Gasteiger partial charge in [0, 0.05) is 17.6 Å². The van der Waals surface area contributed by atoms with Gasteiger partial charge in [0.25, 0.3) is 0 Å². The Balaban J connectivity index is 0.00000162. The average molecular weight is 271 g/mol. The Labute approximate surface area is 113 Å². The van der Waals surface area contributed by atoms with E-state index in [9.17, 15) is 4.79 Å². The molecule has 1 saturated carbocycles. The number of hydrogen-bond donors (Lipinski definition) is 2. The minimum Gasteiger partial charge on any atom is -0.492 e. The molecule has 18 heavy (non-hydrogen) atoms. The quantitative estimate of drug-likeness (QED) is 0.862. The largest absolute Gasteiger partial charge is 0.492 e. The molecule has 0 atom stereocenters. The number of carbonyl (C=O) groups excluding carboxylic acids is 1. The van der Waals surface area contributed by atoms with Crippen LogP contribution in [0.25, 0.3) is 0 Å². The number of anilines is 1. The van der Waals surface area contributed by atoms with Crippen LogP contribution in [0.2, 0.25) is 0 Å². The van der Waals surface area contributed by atoms with Crippen LogP contribution in [0.3, 0.4) is 0 Å². The summed E-state index contributed by atoms with van der Waals surface area (Å²) in [6.45, 7) is 2.99. The van der Waals surface area contributed by atoms with E-state index in [1.54, 1.807) is 0 Å². The summed E-state index contributed by atoms with van der Waals surface area (Å²) in [5, 5.41) is 2.91. The fourth-order valence-electron chi connectivity index (χ4n) is 1.51. The fourth-order valence-corrected chi connectivity index (χ4v) is 1.51. The van der Waals surface area contributed by atoms with Crippen LogP contribution in [0, 0.1) is 5.41 Å². The van der Waals surface area contributed by atoms with E-state index in [4.69, 9.17) is 10.5 Å². The average Bonchev–Trinajstić information content (AvgIpc) is 3.08. The van der Waals surface area contributed by atoms with E-state index in [-0.39, 0.29) is 23.7 Å². The highest BCUT2D eigenvalue weighted by Crippen LogP contribution is 2.45. The normalized spacial score (nSPS) is 15.4. The van der Waals surface area contributed by atoms with Crippen LogP contribution in [0.4, 0.5) is 5.69 Å². The summed E-state index contributed by atoms with van der Waals surface area (Å²) in [6.07, 6.45) is 1.97. The molecule has 1 aliphatic carbocycles. The van der Waals surface area contributed by atoms with Crippen LogP contribution in [0.15, 0.2) is 24.3 Å². The summed E-state index contributed by atoms with van der Waals surface area (Å²) in [5.74, 6) is 0.874. The first-order valence-electron chi connectivity index (χ1n) is 5.88. The zero-order valence-electron chi connectivity index (χ0n) is 10.4. The second-order valence-corrected chi connectivity index (χ2v) is 4.68. The number of carbonyl (C=O) groups is 1. The van der Waals surface area contributed by atoms with Crippen molar-refractivity contribution >= 4 is 24.0 Å². The molecule has 0 radical (unpaired) electrons. The standard InChI is InChI=1S/C13H18N2O2.ClH/c1-13(6-7-13)12(16)15-10-2-4-11(5-3-10)17-9-8-14;/h2-5H,6-9,14H2,1H3,(H,15,16);1H. The van der Waals surface area contributed by atoms with E-state index in [2.05, 4.69) is 5.32 Å². The SMILES string of the molecule is CC1(C(=O)Nc2ccc(OCCN)cc2)CC1.Cl. The molecule has 0 heterocycles. The van der Waals surface area contributed by atoms with Crippen LogP contribution in [0.1, 0.15) is 19.8 Å². The minimum atomic E-state index is -0.144. The van der Waals surface area contributed by atoms with Crippen molar-refractivity contribution in [1.82, 2.24) is 0 Å². The first-order valence-corrected chi connectivity index (χ1v) is 5.88. The number of ether oxygens (including phenoxy) is 1. The van der Waals surface area contributed by atoms with Gasteiger partial charge in [0.05, 0.1) is 0 Å². The smallest absolute Gasteiger partial charge is 0.230 e. The highest BCUT2D eigenvalue weighted by Gasteiger charge is 2.44. The summed E-state index contributed by atoms with van der Waals surface area (Å²) < 4.78 is 5.36. The third-order valence-electron chi connectivity index (χ3n) is 3.05. The minimum absolute atomic E-state index is 0. The van der Waals surface area contributed by atoms with Gasteiger partial charge in [0.1, 0.15) is 12.4 Å². The lowest BCUT2D eigenvalue weighted by Gasteiger charge is -2.10. The van der Waals surface area contributed by atoms with Crippen molar-refractivity contribution in [3.05, 3.63) is 24.3 Å². The summed E-state index contributed by atoms with van der Waals surface area (Å²) in [7, 11) is 0. The molecule has 1 amide bonds. The first kappa shape index (κ1) is 14.8. The fraction of sp³-hybridized carbons (Fsp3) is 0.462. The maximum Gasteiger partial charge on any atom is 0.230 e. The summed E-state index contributed by atoms with van der Waals surface area (Å²) >= 11 is 0. The van der Waals surface area contributed by atoms with Gasteiger partial charge >= 0.3 is 0 Å². The molecule has 100 valence electrons. The van der Waals surface area contributed by atoms with Gasteiger partial charge < -0.3 is 15.8 Å². The van der Waals surface area contributed by atoms with Gasteiger partial charge in [-0.3, -0.25) is 4.79 Å². The Kier molecular flexibility index (Phi) is 4.99. The van der Waals surface area contributed by atoms with Crippen molar-refractivity contribution in [3.63, 3.8) is 0 Å². The predicted octanol–water partition coefficient (Wildman–Crippen LogP) is 2.18. The van der Waals surface area contributed by atoms with E-state index < -0.39 is 0 Å². The van der Waals surface area contributed by atoms with Gasteiger partial charge in [-0.1, -0.05) is 6.92 Å². The lowest BCUT2D eigenvalue weighted by atomic mass is 10.1. The highest BCUT2D eigenvalue weighted by molar-refractivity contribution is 5.96. The maximum atomic E-state index is 11.8. The number of rotatable bonds is 5. The molecule has 5 heteroatoms. The van der Waals surface area contributed by atoms with Crippen molar-refractivity contribution in [3.8, 4) is 5.75 Å². The van der Waals surface area contributed by atoms with E-state index in [1.165, 1.54) is 0 Å². The summed E-state index contributed by atoms with van der Waals surface area (Å²) in [5.41, 5.74) is 6.01. The third-order valence-corrected chi connectivity index (χ3v) is 3.05. The molecule has 1 aromatic carbocycles. The molecule has 4 nitrogen and oxygen atoms in total. The maximum absolute atomic E-state index is 11.8. The monoisotopic (exact) mass is 270 g/mol. The van der Waals surface area contributed by atoms with Crippen LogP contribution in [-0.4, -0.2) is 19.1 Å². The van der Waals surface area contributed by atoms with Crippen LogP contribution >= 0.6 is 12.4 Å². The Morgan fingerprint density at radius 3 is 2.50 bits per heavy atom. The third kappa shape index (κ3) is 3.62. The van der Waals surface area contributed by atoms with Gasteiger partial charge in [-0.05, 0) is 37.1 Å². The summed E-state index contributed by atoms with van der Waals surface area (Å²) in [4.78, 5) is 11.8. The van der Waals surface area contributed by atoms with E-state index in [0.717, 1.165) is 24.3 Å². The Bertz CT molecular complexity index is 402. The molecule has 0 saturated heterocycles. The van der Waals surface area contributed by atoms with Gasteiger partial charge in [0.2, 0.25) is 5.91 Å². The lowest BCUT2D eigenvalue weighted by Crippen LogP contribution is -2.21. The van der Waals surface area contributed by atoms with Gasteiger partial charge in [-0.2, -0.15) is 0 Å². The molecular weight excluding hydrogens is 252 g/mol. The second kappa shape index (κ2) is 6.07. The molecule has 0 unspecified atom stereocenters. The van der Waals surface area contributed by atoms with Crippen LogP contribution < -0.4 is 15.8 Å². The molecule has 2 rings (SSSR count). The first-order chi connectivity index (χ1) is 8.14. The molecule has 0 spiro atoms. The zero-order valence-corrected chi connectivity index (χ0v) is 11.3. The number of nitrogens with one attached hydrogen (secondary N) is 1. The van der Waals surface area contributed by atoms with Crippen molar-refractivity contribution in [1.29, 1.82) is 0 Å². The number of halogens is 1. The summed E-state index contributed by atoms with van der Waals surface area (Å²) in [6, 6.07) is 7.35. The van der Waals surface area contributed by atoms with Crippen LogP contribution in [0.5, 0.6) is 5.75 Å². The van der Waals surface area contributed by atoms with Crippen molar-refractivity contribution in [2.45, 2.75) is 19.8 Å². The number of hydrogen-bond acceptors (Lipinski definition) is 3. The van der Waals surface area contributed by atoms with Gasteiger partial charge in [-0.15, -0.1) is 12.4 Å².